The van der Waals surface area contributed by atoms with Crippen LogP contribution >= 0.6 is 11.3 Å². The zero-order chi connectivity index (χ0) is 30.4. The second-order valence-corrected chi connectivity index (χ2v) is 12.7. The summed E-state index contributed by atoms with van der Waals surface area (Å²) >= 11 is 1.53. The van der Waals surface area contributed by atoms with Crippen molar-refractivity contribution >= 4 is 70.1 Å². The van der Waals surface area contributed by atoms with Crippen LogP contribution in [0.3, 0.4) is 0 Å². The second kappa shape index (κ2) is 9.51. The van der Waals surface area contributed by atoms with Gasteiger partial charge in [0.15, 0.2) is 4.96 Å². The van der Waals surface area contributed by atoms with E-state index in [9.17, 15) is 4.79 Å². The molecule has 0 N–H and O–H groups in total. The molecule has 6 aromatic carbocycles. The summed E-state index contributed by atoms with van der Waals surface area (Å²) in [4.78, 5) is 18.8. The summed E-state index contributed by atoms with van der Waals surface area (Å²) in [7, 11) is 0. The third kappa shape index (κ3) is 3.56. The Bertz CT molecular complexity index is 2890. The molecule has 0 aliphatic rings. The van der Waals surface area contributed by atoms with Gasteiger partial charge in [-0.3, -0.25) is 9.20 Å². The summed E-state index contributed by atoms with van der Waals surface area (Å²) in [6.07, 6.45) is 1.94. The fourth-order valence-electron chi connectivity index (χ4n) is 7.09. The molecule has 0 amide bonds. The number of thiazole rings is 1. The number of aromatic nitrogens is 4. The van der Waals surface area contributed by atoms with Crippen LogP contribution in [0.15, 0.2) is 151 Å². The van der Waals surface area contributed by atoms with E-state index in [1.807, 2.05) is 28.8 Å². The summed E-state index contributed by atoms with van der Waals surface area (Å²) in [6, 6.07) is 48.9. The van der Waals surface area contributed by atoms with E-state index >= 15 is 0 Å². The van der Waals surface area contributed by atoms with Crippen molar-refractivity contribution in [3.63, 3.8) is 0 Å². The van der Waals surface area contributed by atoms with E-state index in [0.29, 0.717) is 10.6 Å². The molecular weight excluding hydrogens is 585 g/mol. The van der Waals surface area contributed by atoms with Gasteiger partial charge in [0.2, 0.25) is 0 Å². The first-order valence-electron chi connectivity index (χ1n) is 15.3. The van der Waals surface area contributed by atoms with Gasteiger partial charge in [-0.1, -0.05) is 90.2 Å². The number of hydrogen-bond donors (Lipinski definition) is 0. The van der Waals surface area contributed by atoms with Gasteiger partial charge >= 0.3 is 0 Å². The summed E-state index contributed by atoms with van der Waals surface area (Å²) in [5.41, 5.74) is 9.09. The Labute approximate surface area is 266 Å². The molecule has 6 heteroatoms. The fourth-order valence-corrected chi connectivity index (χ4v) is 8.08. The van der Waals surface area contributed by atoms with Gasteiger partial charge in [-0.15, -0.1) is 0 Å². The van der Waals surface area contributed by atoms with E-state index in [0.717, 1.165) is 48.8 Å². The summed E-state index contributed by atoms with van der Waals surface area (Å²) < 4.78 is 7.54. The molecule has 10 aromatic rings. The van der Waals surface area contributed by atoms with Crippen LogP contribution in [0, 0.1) is 0 Å². The van der Waals surface area contributed by atoms with E-state index in [4.69, 9.17) is 0 Å². The second-order valence-electron chi connectivity index (χ2n) is 11.7. The lowest BCUT2D eigenvalue weighted by atomic mass is 10.0. The van der Waals surface area contributed by atoms with Gasteiger partial charge in [0.1, 0.15) is 5.69 Å². The van der Waals surface area contributed by atoms with Crippen LogP contribution in [0.5, 0.6) is 0 Å². The zero-order valence-corrected chi connectivity index (χ0v) is 25.3. The lowest BCUT2D eigenvalue weighted by molar-refractivity contribution is 1.05. The van der Waals surface area contributed by atoms with Crippen molar-refractivity contribution in [1.29, 1.82) is 0 Å². The maximum absolute atomic E-state index is 13.6. The van der Waals surface area contributed by atoms with Crippen LogP contribution in [0.25, 0.3) is 81.3 Å². The molecule has 0 spiro atoms. The highest BCUT2D eigenvalue weighted by molar-refractivity contribution is 7.23. The van der Waals surface area contributed by atoms with Crippen LogP contribution in [-0.4, -0.2) is 18.5 Å². The molecule has 46 heavy (non-hydrogen) atoms. The molecule has 4 aromatic heterocycles. The summed E-state index contributed by atoms with van der Waals surface area (Å²) in [5, 5.41) is 4.64. The highest BCUT2D eigenvalue weighted by atomic mass is 32.1. The standard InChI is InChI=1S/C40H24N4OS/c45-39-37(24-42-36-16-8-9-17-38(36)46-40(42)41-39)44-33-15-7-5-13-29(33)31-23-26(19-21-35(31)44)25-18-20-34-30(22-25)28-12-4-6-14-32(28)43(34)27-10-2-1-3-11-27/h1-24H. The molecule has 0 fully saturated rings. The van der Waals surface area contributed by atoms with Gasteiger partial charge in [-0.25, -0.2) is 0 Å². The molecule has 0 bridgehead atoms. The fraction of sp³-hybridized carbons (Fsp3) is 0. The Morgan fingerprint density at radius 1 is 0.500 bits per heavy atom. The minimum atomic E-state index is -0.237. The van der Waals surface area contributed by atoms with Gasteiger partial charge in [-0.2, -0.15) is 4.98 Å². The maximum Gasteiger partial charge on any atom is 0.298 e. The van der Waals surface area contributed by atoms with Crippen molar-refractivity contribution in [3.8, 4) is 22.5 Å². The van der Waals surface area contributed by atoms with Crippen LogP contribution in [0.4, 0.5) is 0 Å². The first-order chi connectivity index (χ1) is 22.7. The SMILES string of the molecule is O=c1nc2sc3ccccc3n2cc1-n1c2ccccc2c2cc(-c3ccc4c(c3)c3ccccc3n4-c3ccccc3)ccc21. The van der Waals surface area contributed by atoms with E-state index in [2.05, 4.69) is 135 Å². The van der Waals surface area contributed by atoms with Crippen molar-refractivity contribution in [2.24, 2.45) is 0 Å². The average Bonchev–Trinajstić information content (AvgIpc) is 3.75. The third-order valence-electron chi connectivity index (χ3n) is 9.13. The molecule has 216 valence electrons. The number of rotatable bonds is 3. The molecule has 0 radical (unpaired) electrons. The van der Waals surface area contributed by atoms with Gasteiger partial charge < -0.3 is 9.13 Å². The van der Waals surface area contributed by atoms with Crippen LogP contribution in [0.1, 0.15) is 0 Å². The number of hydrogen-bond acceptors (Lipinski definition) is 3. The van der Waals surface area contributed by atoms with Crippen molar-refractivity contribution in [1.82, 2.24) is 18.5 Å². The Balaban J connectivity index is 1.19. The largest absolute Gasteiger partial charge is 0.309 e. The van der Waals surface area contributed by atoms with Crippen LogP contribution in [0.2, 0.25) is 0 Å². The Kier molecular flexibility index (Phi) is 5.24. The first kappa shape index (κ1) is 25.4. The van der Waals surface area contributed by atoms with Gasteiger partial charge in [0, 0.05) is 33.4 Å². The Morgan fingerprint density at radius 2 is 1.04 bits per heavy atom. The molecule has 0 atom stereocenters. The monoisotopic (exact) mass is 608 g/mol. The minimum absolute atomic E-state index is 0.237. The third-order valence-corrected chi connectivity index (χ3v) is 10.2. The topological polar surface area (TPSA) is 44.2 Å². The van der Waals surface area contributed by atoms with E-state index in [1.165, 1.54) is 33.1 Å². The molecular formula is C40H24N4OS. The summed E-state index contributed by atoms with van der Waals surface area (Å²) in [6.45, 7) is 0. The van der Waals surface area contributed by atoms with Crippen molar-refractivity contribution in [2.75, 3.05) is 0 Å². The molecule has 0 saturated carbocycles. The Morgan fingerprint density at radius 3 is 1.74 bits per heavy atom. The minimum Gasteiger partial charge on any atom is -0.309 e. The van der Waals surface area contributed by atoms with Gasteiger partial charge in [0.25, 0.3) is 5.56 Å². The van der Waals surface area contributed by atoms with E-state index in [1.54, 1.807) is 0 Å². The van der Waals surface area contributed by atoms with Crippen LogP contribution < -0.4 is 5.56 Å². The van der Waals surface area contributed by atoms with Gasteiger partial charge in [-0.05, 0) is 71.8 Å². The zero-order valence-electron chi connectivity index (χ0n) is 24.5. The van der Waals surface area contributed by atoms with Gasteiger partial charge in [0.05, 0.1) is 32.3 Å². The predicted molar refractivity (Wildman–Crippen MR) is 191 cm³/mol. The molecule has 0 aliphatic carbocycles. The molecule has 5 nitrogen and oxygen atoms in total. The van der Waals surface area contributed by atoms with Crippen molar-refractivity contribution in [3.05, 3.63) is 156 Å². The molecule has 10 rings (SSSR count). The predicted octanol–water partition coefficient (Wildman–Crippen LogP) is 9.77. The normalized spacial score (nSPS) is 12.0. The van der Waals surface area contributed by atoms with Crippen molar-refractivity contribution in [2.45, 2.75) is 0 Å². The van der Waals surface area contributed by atoms with Crippen molar-refractivity contribution < 1.29 is 0 Å². The lowest BCUT2D eigenvalue weighted by Gasteiger charge is -2.09. The lowest BCUT2D eigenvalue weighted by Crippen LogP contribution is -2.16. The first-order valence-corrected chi connectivity index (χ1v) is 16.1. The average molecular weight is 609 g/mol. The molecule has 0 saturated heterocycles. The number of fused-ring (bicyclic) bond motifs is 9. The van der Waals surface area contributed by atoms with Crippen LogP contribution in [-0.2, 0) is 0 Å². The number of benzene rings is 6. The summed E-state index contributed by atoms with van der Waals surface area (Å²) in [5.74, 6) is 0. The number of para-hydroxylation sites is 4. The number of nitrogens with zero attached hydrogens (tertiary/aromatic N) is 4. The molecule has 4 heterocycles. The maximum atomic E-state index is 13.6. The van der Waals surface area contributed by atoms with E-state index < -0.39 is 0 Å². The molecule has 0 unspecified atom stereocenters. The quantitative estimate of drug-likeness (QED) is 0.200. The molecule has 0 aliphatic heterocycles. The highest BCUT2D eigenvalue weighted by Gasteiger charge is 2.18. The van der Waals surface area contributed by atoms with E-state index in [-0.39, 0.29) is 5.56 Å². The Hall–Kier alpha value is -5.98. The smallest absolute Gasteiger partial charge is 0.298 e. The highest BCUT2D eigenvalue weighted by Crippen LogP contribution is 2.38.